The number of nitrogens with one attached hydrogen (secondary N) is 2. The molecule has 2 aromatic rings. The lowest BCUT2D eigenvalue weighted by Crippen LogP contribution is -2.28. The summed E-state index contributed by atoms with van der Waals surface area (Å²) in [6.45, 7) is 6.28. The molecule has 0 fully saturated rings. The van der Waals surface area contributed by atoms with Gasteiger partial charge in [-0.25, -0.2) is 4.79 Å². The van der Waals surface area contributed by atoms with E-state index in [1.54, 1.807) is 6.07 Å². The van der Waals surface area contributed by atoms with Crippen molar-refractivity contribution in [1.29, 1.82) is 0 Å². The number of nitrogens with zero attached hydrogens (tertiary/aromatic N) is 1. The Balaban J connectivity index is 1.92. The van der Waals surface area contributed by atoms with E-state index in [0.717, 1.165) is 11.1 Å². The molecule has 6 heteroatoms. The third kappa shape index (κ3) is 4.08. The van der Waals surface area contributed by atoms with Crippen LogP contribution in [0.15, 0.2) is 34.9 Å². The van der Waals surface area contributed by atoms with Gasteiger partial charge in [0.05, 0.1) is 6.61 Å². The minimum Gasteiger partial charge on any atom is -0.392 e. The molecule has 22 heavy (non-hydrogen) atoms. The van der Waals surface area contributed by atoms with Crippen molar-refractivity contribution in [3.8, 4) is 0 Å². The molecule has 0 atom stereocenters. The molecule has 0 bridgehead atoms. The topological polar surface area (TPSA) is 87.4 Å². The fraction of sp³-hybridized carbons (Fsp3) is 0.375. The molecule has 1 aromatic carbocycles. The van der Waals surface area contributed by atoms with Gasteiger partial charge in [-0.1, -0.05) is 50.2 Å². The molecule has 0 saturated carbocycles. The van der Waals surface area contributed by atoms with Gasteiger partial charge in [-0.2, -0.15) is 0 Å². The van der Waals surface area contributed by atoms with Crippen LogP contribution in [-0.2, 0) is 18.6 Å². The Labute approximate surface area is 129 Å². The summed E-state index contributed by atoms with van der Waals surface area (Å²) in [5.74, 6) is 1.08. The Morgan fingerprint density at radius 3 is 2.55 bits per heavy atom. The van der Waals surface area contributed by atoms with Gasteiger partial charge in [0.2, 0.25) is 0 Å². The Hall–Kier alpha value is -2.34. The highest BCUT2D eigenvalue weighted by molar-refractivity contribution is 5.88. The van der Waals surface area contributed by atoms with Crippen LogP contribution in [0.25, 0.3) is 0 Å². The summed E-state index contributed by atoms with van der Waals surface area (Å²) in [5.41, 5.74) is 1.50. The zero-order valence-electron chi connectivity index (χ0n) is 13.0. The van der Waals surface area contributed by atoms with Crippen molar-refractivity contribution >= 4 is 11.8 Å². The summed E-state index contributed by atoms with van der Waals surface area (Å²) in [4.78, 5) is 11.9. The van der Waals surface area contributed by atoms with Crippen LogP contribution in [0, 0.1) is 0 Å². The molecule has 1 heterocycles. The van der Waals surface area contributed by atoms with Crippen molar-refractivity contribution in [1.82, 2.24) is 10.5 Å². The Morgan fingerprint density at radius 1 is 1.27 bits per heavy atom. The minimum absolute atomic E-state index is 0.0578. The van der Waals surface area contributed by atoms with Crippen molar-refractivity contribution in [2.45, 2.75) is 39.3 Å². The average molecular weight is 303 g/mol. The first-order valence-electron chi connectivity index (χ1n) is 7.10. The van der Waals surface area contributed by atoms with Crippen molar-refractivity contribution < 1.29 is 14.4 Å². The van der Waals surface area contributed by atoms with Crippen molar-refractivity contribution in [2.75, 3.05) is 5.32 Å². The summed E-state index contributed by atoms with van der Waals surface area (Å²) < 4.78 is 5.20. The molecule has 6 nitrogen and oxygen atoms in total. The maximum atomic E-state index is 11.9. The Bertz CT molecular complexity index is 644. The highest BCUT2D eigenvalue weighted by atomic mass is 16.5. The molecule has 0 spiro atoms. The van der Waals surface area contributed by atoms with E-state index in [4.69, 9.17) is 4.52 Å². The Morgan fingerprint density at radius 2 is 1.95 bits per heavy atom. The molecule has 0 radical (unpaired) electrons. The number of benzene rings is 1. The van der Waals surface area contributed by atoms with Gasteiger partial charge in [0, 0.05) is 18.0 Å². The van der Waals surface area contributed by atoms with Crippen LogP contribution in [0.3, 0.4) is 0 Å². The van der Waals surface area contributed by atoms with E-state index in [9.17, 15) is 9.90 Å². The quantitative estimate of drug-likeness (QED) is 0.810. The molecule has 0 saturated heterocycles. The number of hydrogen-bond acceptors (Lipinski definition) is 4. The fourth-order valence-electron chi connectivity index (χ4n) is 1.91. The normalized spacial score (nSPS) is 11.3. The molecule has 1 aromatic heterocycles. The number of anilines is 1. The van der Waals surface area contributed by atoms with E-state index >= 15 is 0 Å². The Kier molecular flexibility index (Phi) is 4.82. The number of aliphatic hydroxyl groups excluding tert-OH is 1. The van der Waals surface area contributed by atoms with Crippen LogP contribution in [-0.4, -0.2) is 16.3 Å². The molecule has 3 N–H and O–H groups in total. The fourth-order valence-corrected chi connectivity index (χ4v) is 1.91. The molecule has 0 aliphatic carbocycles. The predicted octanol–water partition coefficient (Wildman–Crippen LogP) is 2.79. The third-order valence-corrected chi connectivity index (χ3v) is 3.22. The zero-order chi connectivity index (χ0) is 16.2. The van der Waals surface area contributed by atoms with Gasteiger partial charge < -0.3 is 14.9 Å². The maximum absolute atomic E-state index is 11.9. The third-order valence-electron chi connectivity index (χ3n) is 3.22. The van der Waals surface area contributed by atoms with Crippen LogP contribution in [0.4, 0.5) is 10.6 Å². The first kappa shape index (κ1) is 16.0. The molecule has 0 aliphatic rings. The van der Waals surface area contributed by atoms with E-state index in [0.29, 0.717) is 18.1 Å². The first-order valence-corrected chi connectivity index (χ1v) is 7.10. The summed E-state index contributed by atoms with van der Waals surface area (Å²) in [7, 11) is 0. The van der Waals surface area contributed by atoms with Crippen LogP contribution >= 0.6 is 0 Å². The lowest BCUT2D eigenvalue weighted by molar-refractivity contribution is 0.251. The SMILES string of the molecule is CC(C)(C)c1cc(NC(=O)NCc2ccccc2CO)no1. The molecule has 0 aliphatic heterocycles. The number of rotatable bonds is 4. The highest BCUT2D eigenvalue weighted by Gasteiger charge is 2.20. The second-order valence-corrected chi connectivity index (χ2v) is 6.06. The molecule has 0 unspecified atom stereocenters. The molecule has 2 amide bonds. The summed E-state index contributed by atoms with van der Waals surface area (Å²) in [6.07, 6.45) is 0. The second-order valence-electron chi connectivity index (χ2n) is 6.06. The van der Waals surface area contributed by atoms with Gasteiger partial charge >= 0.3 is 6.03 Å². The van der Waals surface area contributed by atoms with Crippen molar-refractivity contribution in [3.05, 3.63) is 47.2 Å². The van der Waals surface area contributed by atoms with E-state index in [1.165, 1.54) is 0 Å². The summed E-state index contributed by atoms with van der Waals surface area (Å²) >= 11 is 0. The summed E-state index contributed by atoms with van der Waals surface area (Å²) in [6, 6.07) is 8.73. The van der Waals surface area contributed by atoms with Gasteiger partial charge in [-0.15, -0.1) is 0 Å². The number of carbonyl (C=O) groups excluding carboxylic acids is 1. The van der Waals surface area contributed by atoms with Crippen LogP contribution in [0.5, 0.6) is 0 Å². The van der Waals surface area contributed by atoms with E-state index < -0.39 is 0 Å². The van der Waals surface area contributed by atoms with Crippen molar-refractivity contribution in [2.24, 2.45) is 0 Å². The molecular formula is C16H21N3O3. The van der Waals surface area contributed by atoms with Gasteiger partial charge in [-0.05, 0) is 11.1 Å². The first-order chi connectivity index (χ1) is 10.4. The molecular weight excluding hydrogens is 282 g/mol. The van der Waals surface area contributed by atoms with Crippen LogP contribution in [0.2, 0.25) is 0 Å². The smallest absolute Gasteiger partial charge is 0.320 e. The average Bonchev–Trinajstić information content (AvgIpc) is 2.94. The largest absolute Gasteiger partial charge is 0.392 e. The minimum atomic E-state index is -0.374. The number of aromatic nitrogens is 1. The van der Waals surface area contributed by atoms with Crippen LogP contribution < -0.4 is 10.6 Å². The predicted molar refractivity (Wildman–Crippen MR) is 83.4 cm³/mol. The molecule has 118 valence electrons. The number of amides is 2. The van der Waals surface area contributed by atoms with Crippen LogP contribution in [0.1, 0.15) is 37.7 Å². The lowest BCUT2D eigenvalue weighted by atomic mass is 9.93. The van der Waals surface area contributed by atoms with Gasteiger partial charge in [-0.3, -0.25) is 5.32 Å². The number of urea groups is 1. The molecule has 2 rings (SSSR count). The van der Waals surface area contributed by atoms with Gasteiger partial charge in [0.25, 0.3) is 0 Å². The zero-order valence-corrected chi connectivity index (χ0v) is 13.0. The number of carbonyl (C=O) groups is 1. The van der Waals surface area contributed by atoms with Gasteiger partial charge in [0.15, 0.2) is 5.82 Å². The number of aliphatic hydroxyl groups is 1. The standard InChI is InChI=1S/C16H21N3O3/c1-16(2,3)13-8-14(19-22-13)18-15(21)17-9-11-6-4-5-7-12(11)10-20/h4-8,20H,9-10H2,1-3H3,(H2,17,18,19,21). The monoisotopic (exact) mass is 303 g/mol. The van der Waals surface area contributed by atoms with Gasteiger partial charge in [0.1, 0.15) is 5.76 Å². The lowest BCUT2D eigenvalue weighted by Gasteiger charge is -2.12. The maximum Gasteiger partial charge on any atom is 0.320 e. The van der Waals surface area contributed by atoms with E-state index in [2.05, 4.69) is 15.8 Å². The highest BCUT2D eigenvalue weighted by Crippen LogP contribution is 2.24. The second kappa shape index (κ2) is 6.62. The van der Waals surface area contributed by atoms with E-state index in [-0.39, 0.29) is 18.1 Å². The van der Waals surface area contributed by atoms with E-state index in [1.807, 2.05) is 45.0 Å². The summed E-state index contributed by atoms with van der Waals surface area (Å²) in [5, 5.41) is 18.4. The van der Waals surface area contributed by atoms with Crippen molar-refractivity contribution in [3.63, 3.8) is 0 Å². The number of hydrogen-bond donors (Lipinski definition) is 3.